The van der Waals surface area contributed by atoms with E-state index in [1.165, 1.54) is 6.20 Å². The number of carbonyl (C=O) groups is 2. The number of alkyl carbamates (subject to hydrolysis) is 1. The van der Waals surface area contributed by atoms with Crippen molar-refractivity contribution in [2.24, 2.45) is 0 Å². The molecular weight excluding hydrogens is 486 g/mol. The number of rotatable bonds is 5. The second kappa shape index (κ2) is 8.37. The maximum absolute atomic E-state index is 12.7. The van der Waals surface area contributed by atoms with Gasteiger partial charge >= 0.3 is 12.1 Å². The average molecular weight is 506 g/mol. The van der Waals surface area contributed by atoms with Gasteiger partial charge in [0.15, 0.2) is 6.04 Å². The van der Waals surface area contributed by atoms with Gasteiger partial charge in [-0.05, 0) is 56.7 Å². The van der Waals surface area contributed by atoms with Crippen LogP contribution in [-0.2, 0) is 9.53 Å². The molecule has 0 fully saturated rings. The Morgan fingerprint density at radius 2 is 1.79 bits per heavy atom. The second-order valence-electron chi connectivity index (χ2n) is 7.96. The number of hydrogen-bond donors (Lipinski definition) is 2. The fourth-order valence-corrected chi connectivity index (χ4v) is 5.02. The topological polar surface area (TPSA) is 92.9 Å². The SMILES string of the molecule is Cc1cc(Br)cn2c(C(NC(=O)OCC3c4ccccc4-c4ccccc43)C(=O)O)cnc12. The van der Waals surface area contributed by atoms with Crippen LogP contribution in [0, 0.1) is 6.92 Å². The molecule has 0 radical (unpaired) electrons. The number of carboxylic acid groups (broad SMARTS) is 1. The van der Waals surface area contributed by atoms with Gasteiger partial charge < -0.3 is 15.2 Å². The molecule has 1 unspecified atom stereocenters. The second-order valence-corrected chi connectivity index (χ2v) is 8.87. The monoisotopic (exact) mass is 505 g/mol. The highest BCUT2D eigenvalue weighted by molar-refractivity contribution is 9.10. The van der Waals surface area contributed by atoms with Crippen LogP contribution in [0.15, 0.2) is 71.5 Å². The maximum atomic E-state index is 12.7. The third kappa shape index (κ3) is 3.76. The van der Waals surface area contributed by atoms with Gasteiger partial charge in [0.1, 0.15) is 12.3 Å². The highest BCUT2D eigenvalue weighted by atomic mass is 79.9. The van der Waals surface area contributed by atoms with Gasteiger partial charge in [0, 0.05) is 16.6 Å². The molecule has 166 valence electrons. The van der Waals surface area contributed by atoms with Gasteiger partial charge in [-0.2, -0.15) is 0 Å². The number of carboxylic acids is 1. The predicted octanol–water partition coefficient (Wildman–Crippen LogP) is 5.07. The quantitative estimate of drug-likeness (QED) is 0.395. The first-order chi connectivity index (χ1) is 15.9. The summed E-state index contributed by atoms with van der Waals surface area (Å²) in [7, 11) is 0. The van der Waals surface area contributed by atoms with Crippen LogP contribution < -0.4 is 5.32 Å². The average Bonchev–Trinajstić information content (AvgIpc) is 3.35. The molecule has 33 heavy (non-hydrogen) atoms. The normalized spacial score (nSPS) is 13.4. The maximum Gasteiger partial charge on any atom is 0.408 e. The van der Waals surface area contributed by atoms with Crippen molar-refractivity contribution in [3.8, 4) is 11.1 Å². The lowest BCUT2D eigenvalue weighted by Crippen LogP contribution is -2.35. The number of imidazole rings is 1. The van der Waals surface area contributed by atoms with Crippen LogP contribution in [0.1, 0.15) is 34.3 Å². The number of hydrogen-bond acceptors (Lipinski definition) is 4. The van der Waals surface area contributed by atoms with E-state index in [1.807, 2.05) is 49.4 Å². The lowest BCUT2D eigenvalue weighted by Gasteiger charge is -2.17. The minimum Gasteiger partial charge on any atom is -0.479 e. The van der Waals surface area contributed by atoms with E-state index in [9.17, 15) is 14.7 Å². The van der Waals surface area contributed by atoms with Crippen molar-refractivity contribution in [2.45, 2.75) is 18.9 Å². The summed E-state index contributed by atoms with van der Waals surface area (Å²) in [5.41, 5.74) is 6.24. The van der Waals surface area contributed by atoms with E-state index >= 15 is 0 Å². The molecule has 5 rings (SSSR count). The molecular formula is C25H20BrN3O4. The molecule has 0 aliphatic heterocycles. The van der Waals surface area contributed by atoms with Gasteiger partial charge in [-0.15, -0.1) is 0 Å². The van der Waals surface area contributed by atoms with E-state index in [-0.39, 0.29) is 12.5 Å². The first kappa shape index (κ1) is 21.2. The molecule has 0 saturated carbocycles. The van der Waals surface area contributed by atoms with Gasteiger partial charge in [0.25, 0.3) is 0 Å². The van der Waals surface area contributed by atoms with Crippen molar-refractivity contribution >= 4 is 33.6 Å². The largest absolute Gasteiger partial charge is 0.479 e. The third-order valence-corrected chi connectivity index (χ3v) is 6.37. The number of nitrogens with zero attached hydrogens (tertiary/aromatic N) is 2. The van der Waals surface area contributed by atoms with Gasteiger partial charge in [-0.3, -0.25) is 4.40 Å². The molecule has 2 aromatic heterocycles. The number of aryl methyl sites for hydroxylation is 1. The predicted molar refractivity (Wildman–Crippen MR) is 126 cm³/mol. The molecule has 0 bridgehead atoms. The molecule has 2 aromatic carbocycles. The van der Waals surface area contributed by atoms with Crippen molar-refractivity contribution in [1.82, 2.24) is 14.7 Å². The number of ether oxygens (including phenoxy) is 1. The number of pyridine rings is 1. The number of nitrogens with one attached hydrogen (secondary N) is 1. The highest BCUT2D eigenvalue weighted by Crippen LogP contribution is 2.44. The minimum atomic E-state index is -1.32. The fourth-order valence-electron chi connectivity index (χ4n) is 4.47. The smallest absolute Gasteiger partial charge is 0.408 e. The number of aliphatic carboxylic acids is 1. The van der Waals surface area contributed by atoms with Crippen molar-refractivity contribution in [3.63, 3.8) is 0 Å². The zero-order valence-electron chi connectivity index (χ0n) is 17.7. The van der Waals surface area contributed by atoms with Crippen LogP contribution in [0.5, 0.6) is 0 Å². The summed E-state index contributed by atoms with van der Waals surface area (Å²) in [6.45, 7) is 1.98. The molecule has 0 saturated heterocycles. The number of carbonyl (C=O) groups excluding carboxylic acids is 1. The Kier molecular flexibility index (Phi) is 5.38. The van der Waals surface area contributed by atoms with Crippen LogP contribution in [0.3, 0.4) is 0 Å². The molecule has 1 atom stereocenters. The highest BCUT2D eigenvalue weighted by Gasteiger charge is 2.31. The summed E-state index contributed by atoms with van der Waals surface area (Å²) < 4.78 is 7.96. The van der Waals surface area contributed by atoms with E-state index in [2.05, 4.69) is 38.4 Å². The summed E-state index contributed by atoms with van der Waals surface area (Å²) in [6.07, 6.45) is 2.38. The van der Waals surface area contributed by atoms with Crippen molar-refractivity contribution < 1.29 is 19.4 Å². The molecule has 0 spiro atoms. The third-order valence-electron chi connectivity index (χ3n) is 5.93. The first-order valence-electron chi connectivity index (χ1n) is 10.4. The Labute approximate surface area is 198 Å². The summed E-state index contributed by atoms with van der Waals surface area (Å²) in [4.78, 5) is 29.0. The van der Waals surface area contributed by atoms with Crippen molar-refractivity contribution in [2.75, 3.05) is 6.61 Å². The number of benzene rings is 2. The van der Waals surface area contributed by atoms with Gasteiger partial charge in [0.2, 0.25) is 0 Å². The van der Waals surface area contributed by atoms with Gasteiger partial charge in [-0.25, -0.2) is 14.6 Å². The van der Waals surface area contributed by atoms with E-state index in [0.29, 0.717) is 11.3 Å². The Balaban J connectivity index is 1.36. The molecule has 1 aliphatic rings. The Bertz CT molecular complexity index is 1350. The van der Waals surface area contributed by atoms with E-state index in [0.717, 1.165) is 32.3 Å². The van der Waals surface area contributed by atoms with Crippen LogP contribution in [0.4, 0.5) is 4.79 Å². The van der Waals surface area contributed by atoms with Crippen molar-refractivity contribution in [1.29, 1.82) is 0 Å². The lowest BCUT2D eigenvalue weighted by atomic mass is 9.98. The number of fused-ring (bicyclic) bond motifs is 4. The van der Waals surface area contributed by atoms with Crippen LogP contribution >= 0.6 is 15.9 Å². The van der Waals surface area contributed by atoms with Crippen LogP contribution in [0.2, 0.25) is 0 Å². The molecule has 7 nitrogen and oxygen atoms in total. The Hall–Kier alpha value is -3.65. The molecule has 8 heteroatoms. The first-order valence-corrected chi connectivity index (χ1v) is 11.2. The Morgan fingerprint density at radius 1 is 1.15 bits per heavy atom. The molecule has 4 aromatic rings. The van der Waals surface area contributed by atoms with E-state index < -0.39 is 18.1 Å². The van der Waals surface area contributed by atoms with Gasteiger partial charge in [0.05, 0.1) is 11.9 Å². The molecule has 1 aliphatic carbocycles. The van der Waals surface area contributed by atoms with Crippen molar-refractivity contribution in [3.05, 3.63) is 93.8 Å². The lowest BCUT2D eigenvalue weighted by molar-refractivity contribution is -0.139. The number of amides is 1. The summed E-state index contributed by atoms with van der Waals surface area (Å²) in [6, 6.07) is 16.6. The Morgan fingerprint density at radius 3 is 2.42 bits per heavy atom. The number of aromatic nitrogens is 2. The van der Waals surface area contributed by atoms with Crippen LogP contribution in [0.25, 0.3) is 16.8 Å². The fraction of sp³-hybridized carbons (Fsp3) is 0.160. The summed E-state index contributed by atoms with van der Waals surface area (Å²) >= 11 is 3.42. The van der Waals surface area contributed by atoms with E-state index in [4.69, 9.17) is 4.74 Å². The molecule has 1 amide bonds. The van der Waals surface area contributed by atoms with E-state index in [1.54, 1.807) is 10.6 Å². The molecule has 2 heterocycles. The summed E-state index contributed by atoms with van der Waals surface area (Å²) in [5.74, 6) is -1.32. The molecule has 2 N–H and O–H groups in total. The zero-order chi connectivity index (χ0) is 23.1. The van der Waals surface area contributed by atoms with Gasteiger partial charge in [-0.1, -0.05) is 48.5 Å². The number of halogens is 1. The minimum absolute atomic E-state index is 0.101. The summed E-state index contributed by atoms with van der Waals surface area (Å²) in [5, 5.41) is 12.3. The zero-order valence-corrected chi connectivity index (χ0v) is 19.2. The standard InChI is InChI=1S/C25H20BrN3O4/c1-14-10-15(26)12-29-21(11-27-23(14)29)22(24(30)31)28-25(32)33-13-20-18-8-4-2-6-16(18)17-7-3-5-9-19(17)20/h2-12,20,22H,13H2,1H3,(H,28,32)(H,30,31). The van der Waals surface area contributed by atoms with Crippen LogP contribution in [-0.4, -0.2) is 33.2 Å².